The van der Waals surface area contributed by atoms with Gasteiger partial charge in [0.1, 0.15) is 10.1 Å². The van der Waals surface area contributed by atoms with Gasteiger partial charge in [0.25, 0.3) is 0 Å². The van der Waals surface area contributed by atoms with Crippen LogP contribution < -0.4 is 10.1 Å². The fraction of sp³-hybridized carbons (Fsp3) is 0.556. The average molecular weight is 365 g/mol. The van der Waals surface area contributed by atoms with E-state index in [2.05, 4.69) is 10.2 Å². The SMILES string of the molecule is COc1ccc(C(NC(=O)CSC(=S)N2CCCC2)C2CC2)cc1. The van der Waals surface area contributed by atoms with Crippen LogP contribution in [0.15, 0.2) is 24.3 Å². The molecule has 24 heavy (non-hydrogen) atoms. The largest absolute Gasteiger partial charge is 0.497 e. The van der Waals surface area contributed by atoms with Crippen molar-refractivity contribution in [3.8, 4) is 5.75 Å². The van der Waals surface area contributed by atoms with Crippen LogP contribution in [-0.4, -0.2) is 41.1 Å². The minimum Gasteiger partial charge on any atom is -0.497 e. The van der Waals surface area contributed by atoms with E-state index in [0.717, 1.165) is 28.7 Å². The molecule has 0 aromatic heterocycles. The van der Waals surface area contributed by atoms with E-state index >= 15 is 0 Å². The number of benzene rings is 1. The van der Waals surface area contributed by atoms with Crippen molar-refractivity contribution in [2.75, 3.05) is 26.0 Å². The number of likely N-dealkylation sites (tertiary alicyclic amines) is 1. The topological polar surface area (TPSA) is 41.6 Å². The van der Waals surface area contributed by atoms with Crippen LogP contribution in [0.5, 0.6) is 5.75 Å². The molecule has 1 atom stereocenters. The van der Waals surface area contributed by atoms with E-state index in [4.69, 9.17) is 17.0 Å². The molecule has 1 amide bonds. The molecule has 1 N–H and O–H groups in total. The first-order chi connectivity index (χ1) is 11.7. The molecule has 1 saturated carbocycles. The van der Waals surface area contributed by atoms with E-state index in [9.17, 15) is 4.79 Å². The number of carbonyl (C=O) groups excluding carboxylic acids is 1. The molecule has 1 aromatic rings. The fourth-order valence-electron chi connectivity index (χ4n) is 3.05. The summed E-state index contributed by atoms with van der Waals surface area (Å²) < 4.78 is 6.07. The Labute approximate surface area is 153 Å². The number of carbonyl (C=O) groups is 1. The lowest BCUT2D eigenvalue weighted by Crippen LogP contribution is -2.32. The van der Waals surface area contributed by atoms with Crippen LogP contribution in [-0.2, 0) is 4.79 Å². The summed E-state index contributed by atoms with van der Waals surface area (Å²) in [6.07, 6.45) is 4.76. The maximum absolute atomic E-state index is 12.4. The predicted octanol–water partition coefficient (Wildman–Crippen LogP) is 3.38. The zero-order valence-corrected chi connectivity index (χ0v) is 15.6. The lowest BCUT2D eigenvalue weighted by Gasteiger charge is -2.20. The van der Waals surface area contributed by atoms with Gasteiger partial charge in [0.2, 0.25) is 5.91 Å². The van der Waals surface area contributed by atoms with E-state index in [1.54, 1.807) is 7.11 Å². The molecule has 0 bridgehead atoms. The molecule has 4 nitrogen and oxygen atoms in total. The molecule has 2 aliphatic rings. The maximum atomic E-state index is 12.4. The number of thioether (sulfide) groups is 1. The average Bonchev–Trinajstić information content (AvgIpc) is 3.30. The van der Waals surface area contributed by atoms with E-state index in [0.29, 0.717) is 11.7 Å². The van der Waals surface area contributed by atoms with Crippen molar-refractivity contribution in [2.45, 2.75) is 31.7 Å². The number of rotatable bonds is 6. The van der Waals surface area contributed by atoms with Crippen molar-refractivity contribution in [2.24, 2.45) is 5.92 Å². The quantitative estimate of drug-likeness (QED) is 0.784. The Morgan fingerprint density at radius 2 is 2.00 bits per heavy atom. The van der Waals surface area contributed by atoms with Crippen LogP contribution in [0.3, 0.4) is 0 Å². The van der Waals surface area contributed by atoms with Gasteiger partial charge in [0.15, 0.2) is 0 Å². The highest BCUT2D eigenvalue weighted by atomic mass is 32.2. The molecule has 1 saturated heterocycles. The van der Waals surface area contributed by atoms with Crippen molar-refractivity contribution >= 4 is 34.2 Å². The van der Waals surface area contributed by atoms with Gasteiger partial charge in [-0.25, -0.2) is 0 Å². The van der Waals surface area contributed by atoms with Gasteiger partial charge in [-0.2, -0.15) is 0 Å². The fourth-order valence-corrected chi connectivity index (χ4v) is 4.11. The lowest BCUT2D eigenvalue weighted by atomic mass is 10.0. The van der Waals surface area contributed by atoms with Crippen LogP contribution in [0.4, 0.5) is 0 Å². The molecule has 130 valence electrons. The number of thiocarbonyl (C=S) groups is 1. The highest BCUT2D eigenvalue weighted by molar-refractivity contribution is 8.23. The number of nitrogens with one attached hydrogen (secondary N) is 1. The zero-order chi connectivity index (χ0) is 16.9. The van der Waals surface area contributed by atoms with E-state index in [1.807, 2.05) is 24.3 Å². The van der Waals surface area contributed by atoms with Gasteiger partial charge in [-0.3, -0.25) is 4.79 Å². The van der Waals surface area contributed by atoms with E-state index < -0.39 is 0 Å². The highest BCUT2D eigenvalue weighted by Gasteiger charge is 2.33. The third-order valence-corrected chi connectivity index (χ3v) is 6.10. The molecule has 2 fully saturated rings. The molecule has 0 radical (unpaired) electrons. The van der Waals surface area contributed by atoms with Gasteiger partial charge >= 0.3 is 0 Å². The van der Waals surface area contributed by atoms with Crippen molar-refractivity contribution in [1.29, 1.82) is 0 Å². The first-order valence-corrected chi connectivity index (χ1v) is 9.92. The van der Waals surface area contributed by atoms with Gasteiger partial charge in [0.05, 0.1) is 18.9 Å². The number of hydrogen-bond donors (Lipinski definition) is 1. The Bertz CT molecular complexity index is 581. The number of amides is 1. The van der Waals surface area contributed by atoms with Crippen LogP contribution in [0.2, 0.25) is 0 Å². The Morgan fingerprint density at radius 1 is 1.33 bits per heavy atom. The number of hydrogen-bond acceptors (Lipinski definition) is 4. The van der Waals surface area contributed by atoms with Gasteiger partial charge < -0.3 is 15.0 Å². The number of methoxy groups -OCH3 is 1. The van der Waals surface area contributed by atoms with Gasteiger partial charge in [0, 0.05) is 13.1 Å². The molecule has 1 unspecified atom stereocenters. The Balaban J connectivity index is 1.53. The molecule has 1 aromatic carbocycles. The third kappa shape index (κ3) is 4.63. The van der Waals surface area contributed by atoms with Gasteiger partial charge in [-0.1, -0.05) is 36.1 Å². The predicted molar refractivity (Wildman–Crippen MR) is 102 cm³/mol. The summed E-state index contributed by atoms with van der Waals surface area (Å²) in [7, 11) is 1.66. The third-order valence-electron chi connectivity index (χ3n) is 4.58. The minimum absolute atomic E-state index is 0.0641. The van der Waals surface area contributed by atoms with Crippen LogP contribution in [0.1, 0.15) is 37.3 Å². The van der Waals surface area contributed by atoms with E-state index in [-0.39, 0.29) is 11.9 Å². The van der Waals surface area contributed by atoms with E-state index in [1.165, 1.54) is 37.4 Å². The van der Waals surface area contributed by atoms with Gasteiger partial charge in [-0.05, 0) is 49.3 Å². The summed E-state index contributed by atoms with van der Waals surface area (Å²) in [5.41, 5.74) is 1.15. The molecule has 1 aliphatic heterocycles. The van der Waals surface area contributed by atoms with Crippen molar-refractivity contribution in [3.05, 3.63) is 29.8 Å². The molecular formula is C18H24N2O2S2. The van der Waals surface area contributed by atoms with Crippen molar-refractivity contribution in [1.82, 2.24) is 10.2 Å². The summed E-state index contributed by atoms with van der Waals surface area (Å²) >= 11 is 6.91. The summed E-state index contributed by atoms with van der Waals surface area (Å²) in [5, 5.41) is 3.20. The maximum Gasteiger partial charge on any atom is 0.230 e. The second kappa shape index (κ2) is 8.21. The van der Waals surface area contributed by atoms with Crippen LogP contribution >= 0.6 is 24.0 Å². The van der Waals surface area contributed by atoms with Crippen molar-refractivity contribution in [3.63, 3.8) is 0 Å². The lowest BCUT2D eigenvalue weighted by molar-refractivity contribution is -0.119. The molecule has 3 rings (SSSR count). The monoisotopic (exact) mass is 364 g/mol. The summed E-state index contributed by atoms with van der Waals surface area (Å²) in [5.74, 6) is 1.85. The number of ether oxygens (including phenoxy) is 1. The first-order valence-electron chi connectivity index (χ1n) is 8.52. The Hall–Kier alpha value is -1.27. The summed E-state index contributed by atoms with van der Waals surface area (Å²) in [6.45, 7) is 2.06. The molecule has 6 heteroatoms. The summed E-state index contributed by atoms with van der Waals surface area (Å²) in [6, 6.07) is 8.10. The number of nitrogens with zero attached hydrogens (tertiary/aromatic N) is 1. The second-order valence-electron chi connectivity index (χ2n) is 6.40. The zero-order valence-electron chi connectivity index (χ0n) is 14.0. The van der Waals surface area contributed by atoms with Crippen molar-refractivity contribution < 1.29 is 9.53 Å². The smallest absolute Gasteiger partial charge is 0.230 e. The second-order valence-corrected chi connectivity index (χ2v) is 8.01. The van der Waals surface area contributed by atoms with Crippen LogP contribution in [0.25, 0.3) is 0 Å². The Morgan fingerprint density at radius 3 is 2.58 bits per heavy atom. The normalized spacial score (nSPS) is 18.3. The molecule has 1 aliphatic carbocycles. The van der Waals surface area contributed by atoms with Gasteiger partial charge in [-0.15, -0.1) is 0 Å². The summed E-state index contributed by atoms with van der Waals surface area (Å²) in [4.78, 5) is 14.6. The minimum atomic E-state index is 0.0641. The first kappa shape index (κ1) is 17.5. The standard InChI is InChI=1S/C18H24N2O2S2/c1-22-15-8-6-14(7-9-15)17(13-4-5-13)19-16(21)12-24-18(23)20-10-2-3-11-20/h6-9,13,17H,2-5,10-12H2,1H3,(H,19,21). The molecule has 1 heterocycles. The van der Waals surface area contributed by atoms with Crippen LogP contribution in [0, 0.1) is 5.92 Å². The molecule has 0 spiro atoms. The highest BCUT2D eigenvalue weighted by Crippen LogP contribution is 2.41. The Kier molecular flexibility index (Phi) is 6.00. The molecular weight excluding hydrogens is 340 g/mol.